The van der Waals surface area contributed by atoms with Gasteiger partial charge in [-0.1, -0.05) is 42.8 Å². The summed E-state index contributed by atoms with van der Waals surface area (Å²) >= 11 is 6.49. The Morgan fingerprint density at radius 2 is 1.87 bits per heavy atom. The molecule has 2 aliphatic rings. The number of carbonyl (C=O) groups is 1. The number of nitrogens with zero attached hydrogens (tertiary/aromatic N) is 1. The second-order valence-electron chi connectivity index (χ2n) is 10.5. The number of halogens is 3. The lowest BCUT2D eigenvalue weighted by Gasteiger charge is -2.31. The number of fused-ring (bicyclic) bond motifs is 1. The number of ether oxygens (including phenoxy) is 1. The van der Waals surface area contributed by atoms with Crippen molar-refractivity contribution in [2.24, 2.45) is 4.99 Å². The number of rotatable bonds is 10. The van der Waals surface area contributed by atoms with Crippen LogP contribution < -0.4 is 10.6 Å². The van der Waals surface area contributed by atoms with Gasteiger partial charge in [0.2, 0.25) is 0 Å². The van der Waals surface area contributed by atoms with Crippen molar-refractivity contribution in [3.05, 3.63) is 93.2 Å². The molecule has 9 heteroatoms. The fourth-order valence-electron chi connectivity index (χ4n) is 4.66. The fraction of sp³-hybridized carbons (Fsp3) is 0.400. The fourth-order valence-corrected chi connectivity index (χ4v) is 4.94. The largest absolute Gasteiger partial charge is 0.390 e. The third-order valence-corrected chi connectivity index (χ3v) is 7.15. The Kier molecular flexibility index (Phi) is 9.33. The summed E-state index contributed by atoms with van der Waals surface area (Å²) in [6.45, 7) is 6.83. The summed E-state index contributed by atoms with van der Waals surface area (Å²) in [4.78, 5) is 17.9. The molecule has 0 saturated carbocycles. The van der Waals surface area contributed by atoms with Crippen molar-refractivity contribution in [3.63, 3.8) is 0 Å². The Morgan fingerprint density at radius 1 is 1.15 bits per heavy atom. The van der Waals surface area contributed by atoms with E-state index in [1.165, 1.54) is 17.7 Å². The predicted molar refractivity (Wildman–Crippen MR) is 149 cm³/mol. The van der Waals surface area contributed by atoms with Gasteiger partial charge in [0.05, 0.1) is 30.1 Å². The number of aryl methyl sites for hydroxylation is 1. The Balaban J connectivity index is 1.50. The standard InChI is InChI=1S/C30H34ClF2N3O3/c1-4-18-6-5-7-19(8-18)15-34-16-28(37)25(11-20-9-21(32)12-22(33)10-20)36-29(38)26-13-24(31)23-17-39-30(2,3)14-27(23)35-26/h5-10,12,14,25,28,34,37H,4,11,13,15-17H2,1-3H3,(H,36,38). The molecule has 1 amide bonds. The molecule has 3 N–H and O–H groups in total. The summed E-state index contributed by atoms with van der Waals surface area (Å²) in [6, 6.07) is 10.4. The minimum Gasteiger partial charge on any atom is -0.390 e. The molecule has 0 spiro atoms. The number of allylic oxidation sites excluding steroid dienone is 1. The molecule has 2 atom stereocenters. The number of hydrogen-bond donors (Lipinski definition) is 3. The maximum absolute atomic E-state index is 13.9. The van der Waals surface area contributed by atoms with Crippen LogP contribution in [0.4, 0.5) is 8.78 Å². The average molecular weight is 558 g/mol. The van der Waals surface area contributed by atoms with Crippen LogP contribution in [-0.2, 0) is 28.9 Å². The molecule has 0 radical (unpaired) electrons. The number of aliphatic hydroxyl groups excluding tert-OH is 1. The Morgan fingerprint density at radius 3 is 2.59 bits per heavy atom. The topological polar surface area (TPSA) is 83.0 Å². The summed E-state index contributed by atoms with van der Waals surface area (Å²) in [5.74, 6) is -1.96. The van der Waals surface area contributed by atoms with Crippen molar-refractivity contribution in [2.75, 3.05) is 13.2 Å². The number of aliphatic imine (C=N–C) groups is 1. The van der Waals surface area contributed by atoms with Crippen molar-refractivity contribution < 1.29 is 23.4 Å². The van der Waals surface area contributed by atoms with Crippen LogP contribution in [0.1, 0.15) is 43.9 Å². The lowest BCUT2D eigenvalue weighted by molar-refractivity contribution is -0.116. The molecule has 39 heavy (non-hydrogen) atoms. The van der Waals surface area contributed by atoms with Crippen LogP contribution >= 0.6 is 11.6 Å². The van der Waals surface area contributed by atoms with E-state index in [0.717, 1.165) is 23.6 Å². The normalized spacial score (nSPS) is 18.1. The highest BCUT2D eigenvalue weighted by atomic mass is 35.5. The summed E-state index contributed by atoms with van der Waals surface area (Å²) in [7, 11) is 0. The smallest absolute Gasteiger partial charge is 0.266 e. The van der Waals surface area contributed by atoms with Gasteiger partial charge in [0, 0.05) is 36.2 Å². The Hall–Kier alpha value is -2.91. The summed E-state index contributed by atoms with van der Waals surface area (Å²) in [6.07, 6.45) is 1.82. The van der Waals surface area contributed by atoms with Gasteiger partial charge in [0.1, 0.15) is 17.3 Å². The number of amides is 1. The molecule has 2 aromatic rings. The first-order chi connectivity index (χ1) is 18.5. The molecule has 6 nitrogen and oxygen atoms in total. The maximum atomic E-state index is 13.9. The molecule has 0 aromatic heterocycles. The van der Waals surface area contributed by atoms with Crippen molar-refractivity contribution in [1.82, 2.24) is 10.6 Å². The van der Waals surface area contributed by atoms with Crippen LogP contribution in [0.3, 0.4) is 0 Å². The molecule has 208 valence electrons. The first kappa shape index (κ1) is 29.1. The van der Waals surface area contributed by atoms with E-state index in [2.05, 4.69) is 34.7 Å². The van der Waals surface area contributed by atoms with Crippen LogP contribution in [0.25, 0.3) is 0 Å². The summed E-state index contributed by atoms with van der Waals surface area (Å²) in [5, 5.41) is 17.6. The Labute approximate surface area is 232 Å². The highest BCUT2D eigenvalue weighted by molar-refractivity contribution is 6.43. The number of carbonyl (C=O) groups excluding carboxylic acids is 1. The third kappa shape index (κ3) is 7.82. The lowest BCUT2D eigenvalue weighted by Crippen LogP contribution is -2.50. The van der Waals surface area contributed by atoms with E-state index in [1.807, 2.05) is 32.1 Å². The van der Waals surface area contributed by atoms with Crippen molar-refractivity contribution >= 4 is 23.2 Å². The van der Waals surface area contributed by atoms with Crippen molar-refractivity contribution in [3.8, 4) is 0 Å². The monoisotopic (exact) mass is 557 g/mol. The van der Waals surface area contributed by atoms with Crippen molar-refractivity contribution in [1.29, 1.82) is 0 Å². The minimum absolute atomic E-state index is 0.0141. The van der Waals surface area contributed by atoms with Crippen LogP contribution in [0, 0.1) is 11.6 Å². The summed E-state index contributed by atoms with van der Waals surface area (Å²) in [5.41, 5.74) is 3.56. The van der Waals surface area contributed by atoms with Gasteiger partial charge in [-0.2, -0.15) is 0 Å². The van der Waals surface area contributed by atoms with E-state index in [9.17, 15) is 18.7 Å². The van der Waals surface area contributed by atoms with Gasteiger partial charge >= 0.3 is 0 Å². The number of nitrogens with one attached hydrogen (secondary N) is 2. The van der Waals surface area contributed by atoms with E-state index < -0.39 is 35.3 Å². The van der Waals surface area contributed by atoms with Gasteiger partial charge in [-0.05, 0) is 61.6 Å². The maximum Gasteiger partial charge on any atom is 0.266 e. The van der Waals surface area contributed by atoms with E-state index in [4.69, 9.17) is 16.3 Å². The molecule has 2 aromatic carbocycles. The zero-order valence-corrected chi connectivity index (χ0v) is 23.1. The highest BCUT2D eigenvalue weighted by Crippen LogP contribution is 2.34. The molecule has 2 heterocycles. The molecule has 0 fully saturated rings. The van der Waals surface area contributed by atoms with Gasteiger partial charge in [-0.25, -0.2) is 13.8 Å². The predicted octanol–water partition coefficient (Wildman–Crippen LogP) is 4.74. The van der Waals surface area contributed by atoms with Gasteiger partial charge < -0.3 is 20.5 Å². The highest BCUT2D eigenvalue weighted by Gasteiger charge is 2.32. The number of benzene rings is 2. The quantitative estimate of drug-likeness (QED) is 0.394. The molecular weight excluding hydrogens is 524 g/mol. The SMILES string of the molecule is CCc1cccc(CNCC(O)C(Cc2cc(F)cc(F)c2)NC(=O)C2=NC3=CC(C)(C)OCC3=C(Cl)C2)c1. The van der Waals surface area contributed by atoms with Crippen molar-refractivity contribution in [2.45, 2.75) is 64.3 Å². The molecule has 0 bridgehead atoms. The molecular formula is C30H34ClF2N3O3. The first-order valence-electron chi connectivity index (χ1n) is 13.1. The second kappa shape index (κ2) is 12.5. The first-order valence-corrected chi connectivity index (χ1v) is 13.5. The third-order valence-electron chi connectivity index (χ3n) is 6.79. The van der Waals surface area contributed by atoms with E-state index in [0.29, 0.717) is 29.4 Å². The van der Waals surface area contributed by atoms with Crippen LogP contribution in [0.5, 0.6) is 0 Å². The molecule has 4 rings (SSSR count). The molecule has 0 aliphatic carbocycles. The van der Waals surface area contributed by atoms with Gasteiger partial charge in [0.15, 0.2) is 0 Å². The van der Waals surface area contributed by atoms with Gasteiger partial charge in [0.25, 0.3) is 5.91 Å². The van der Waals surface area contributed by atoms with Crippen LogP contribution in [0.15, 0.2) is 69.8 Å². The van der Waals surface area contributed by atoms with Gasteiger partial charge in [-0.3, -0.25) is 4.79 Å². The Bertz CT molecular complexity index is 1300. The molecule has 2 aliphatic heterocycles. The number of dihydropyridines is 1. The lowest BCUT2D eigenvalue weighted by atomic mass is 9.96. The van der Waals surface area contributed by atoms with E-state index in [-0.39, 0.29) is 25.1 Å². The second-order valence-corrected chi connectivity index (χ2v) is 10.9. The average Bonchev–Trinajstić information content (AvgIpc) is 2.86. The zero-order valence-electron chi connectivity index (χ0n) is 22.4. The van der Waals surface area contributed by atoms with E-state index >= 15 is 0 Å². The molecule has 2 unspecified atom stereocenters. The van der Waals surface area contributed by atoms with Crippen LogP contribution in [0.2, 0.25) is 0 Å². The minimum atomic E-state index is -1.05. The van der Waals surface area contributed by atoms with E-state index in [1.54, 1.807) is 0 Å². The van der Waals surface area contributed by atoms with Crippen LogP contribution in [-0.4, -0.2) is 47.6 Å². The number of hydrogen-bond acceptors (Lipinski definition) is 5. The molecule has 0 saturated heterocycles. The zero-order chi connectivity index (χ0) is 28.2. The summed E-state index contributed by atoms with van der Waals surface area (Å²) < 4.78 is 33.6. The number of aliphatic hydroxyl groups is 1. The van der Waals surface area contributed by atoms with Gasteiger partial charge in [-0.15, -0.1) is 0 Å².